The van der Waals surface area contributed by atoms with Gasteiger partial charge in [-0.05, 0) is 58.3 Å². The van der Waals surface area contributed by atoms with Crippen molar-refractivity contribution in [3.63, 3.8) is 0 Å². The summed E-state index contributed by atoms with van der Waals surface area (Å²) in [4.78, 5) is 0. The van der Waals surface area contributed by atoms with Crippen LogP contribution in [0.5, 0.6) is 0 Å². The number of rotatable bonds is 4. The van der Waals surface area contributed by atoms with Crippen LogP contribution in [-0.4, -0.2) is 7.05 Å². The van der Waals surface area contributed by atoms with Crippen molar-refractivity contribution < 1.29 is 0 Å². The van der Waals surface area contributed by atoms with Crippen LogP contribution < -0.4 is 5.32 Å². The van der Waals surface area contributed by atoms with E-state index in [0.717, 1.165) is 6.42 Å². The molecule has 3 rings (SSSR count). The quantitative estimate of drug-likeness (QED) is 0.739. The van der Waals surface area contributed by atoms with Gasteiger partial charge in [0, 0.05) is 10.7 Å². The van der Waals surface area contributed by atoms with E-state index in [9.17, 15) is 0 Å². The summed E-state index contributed by atoms with van der Waals surface area (Å²) in [5.74, 6) is 0. The van der Waals surface area contributed by atoms with Gasteiger partial charge >= 0.3 is 0 Å². The van der Waals surface area contributed by atoms with Gasteiger partial charge in [0.2, 0.25) is 0 Å². The van der Waals surface area contributed by atoms with Gasteiger partial charge in [0.05, 0.1) is 0 Å². The maximum absolute atomic E-state index is 3.45. The molecule has 1 atom stereocenters. The van der Waals surface area contributed by atoms with E-state index in [1.54, 1.807) is 11.3 Å². The van der Waals surface area contributed by atoms with Gasteiger partial charge in [0.15, 0.2) is 0 Å². The molecule has 0 aliphatic heterocycles. The van der Waals surface area contributed by atoms with Crippen LogP contribution >= 0.6 is 22.7 Å². The van der Waals surface area contributed by atoms with Gasteiger partial charge in [0.25, 0.3) is 0 Å². The van der Waals surface area contributed by atoms with Crippen molar-refractivity contribution >= 4 is 32.8 Å². The first-order chi connectivity index (χ1) is 8.88. The molecule has 92 valence electrons. The van der Waals surface area contributed by atoms with Crippen molar-refractivity contribution in [3.05, 3.63) is 57.6 Å². The van der Waals surface area contributed by atoms with Crippen molar-refractivity contribution in [1.82, 2.24) is 5.32 Å². The predicted molar refractivity (Wildman–Crippen MR) is 81.6 cm³/mol. The van der Waals surface area contributed by atoms with Crippen LogP contribution in [0.25, 0.3) is 10.1 Å². The molecule has 0 bridgehead atoms. The molecule has 3 aromatic rings. The number of nitrogens with one attached hydrogen (secondary N) is 1. The number of benzene rings is 1. The highest BCUT2D eigenvalue weighted by molar-refractivity contribution is 7.17. The maximum Gasteiger partial charge on any atom is 0.0390 e. The number of fused-ring (bicyclic) bond motifs is 1. The van der Waals surface area contributed by atoms with Crippen LogP contribution in [0.3, 0.4) is 0 Å². The highest BCUT2D eigenvalue weighted by atomic mass is 32.1. The van der Waals surface area contributed by atoms with Crippen molar-refractivity contribution in [2.24, 2.45) is 0 Å². The lowest BCUT2D eigenvalue weighted by atomic mass is 9.99. The molecule has 0 saturated carbocycles. The van der Waals surface area contributed by atoms with E-state index >= 15 is 0 Å². The van der Waals surface area contributed by atoms with E-state index in [0.29, 0.717) is 6.04 Å². The van der Waals surface area contributed by atoms with E-state index in [2.05, 4.69) is 51.8 Å². The van der Waals surface area contributed by atoms with Gasteiger partial charge in [-0.2, -0.15) is 11.3 Å². The number of hydrogen-bond donors (Lipinski definition) is 1. The molecule has 1 unspecified atom stereocenters. The summed E-state index contributed by atoms with van der Waals surface area (Å²) >= 11 is 3.60. The molecule has 0 amide bonds. The Bertz CT molecular complexity index is 625. The Morgan fingerprint density at radius 3 is 2.89 bits per heavy atom. The van der Waals surface area contributed by atoms with E-state index in [-0.39, 0.29) is 0 Å². The van der Waals surface area contributed by atoms with E-state index in [4.69, 9.17) is 0 Å². The van der Waals surface area contributed by atoms with Gasteiger partial charge in [-0.15, -0.1) is 11.3 Å². The molecule has 0 aliphatic carbocycles. The molecule has 1 nitrogen and oxygen atoms in total. The Balaban J connectivity index is 1.98. The molecule has 0 aliphatic rings. The molecule has 1 N–H and O–H groups in total. The molecule has 2 aromatic heterocycles. The largest absolute Gasteiger partial charge is 0.313 e. The van der Waals surface area contributed by atoms with Gasteiger partial charge in [-0.1, -0.05) is 18.2 Å². The molecule has 0 fully saturated rings. The molecule has 1 aromatic carbocycles. The summed E-state index contributed by atoms with van der Waals surface area (Å²) in [6.07, 6.45) is 1.05. The lowest BCUT2D eigenvalue weighted by Crippen LogP contribution is -2.18. The molecular weight excluding hydrogens is 258 g/mol. The highest BCUT2D eigenvalue weighted by Crippen LogP contribution is 2.30. The van der Waals surface area contributed by atoms with Crippen molar-refractivity contribution in [1.29, 1.82) is 0 Å². The first-order valence-corrected chi connectivity index (χ1v) is 7.85. The van der Waals surface area contributed by atoms with Crippen LogP contribution in [0, 0.1) is 0 Å². The first kappa shape index (κ1) is 11.9. The second-order valence-corrected chi connectivity index (χ2v) is 6.06. The van der Waals surface area contributed by atoms with Gasteiger partial charge in [-0.3, -0.25) is 0 Å². The lowest BCUT2D eigenvalue weighted by molar-refractivity contribution is 0.598. The Hall–Kier alpha value is -1.16. The molecule has 0 radical (unpaired) electrons. The molecule has 18 heavy (non-hydrogen) atoms. The van der Waals surface area contributed by atoms with Crippen LogP contribution in [0.4, 0.5) is 0 Å². The fraction of sp³-hybridized carbons (Fsp3) is 0.200. The smallest absolute Gasteiger partial charge is 0.0390 e. The normalized spacial score (nSPS) is 12.9. The first-order valence-electron chi connectivity index (χ1n) is 6.03. The van der Waals surface area contributed by atoms with E-state index in [1.807, 2.05) is 18.4 Å². The third kappa shape index (κ3) is 2.21. The standard InChI is InChI=1S/C15H15NS2/c1-16-14(9-11-5-7-17-10-11)13-4-2-3-12-6-8-18-15(12)13/h2-8,10,14,16H,9H2,1H3. The summed E-state index contributed by atoms with van der Waals surface area (Å²) in [5.41, 5.74) is 2.82. The highest BCUT2D eigenvalue weighted by Gasteiger charge is 2.13. The minimum Gasteiger partial charge on any atom is -0.313 e. The van der Waals surface area contributed by atoms with Crippen molar-refractivity contribution in [3.8, 4) is 0 Å². The summed E-state index contributed by atoms with van der Waals surface area (Å²) in [7, 11) is 2.05. The minimum absolute atomic E-state index is 0.391. The zero-order chi connectivity index (χ0) is 12.4. The number of hydrogen-bond acceptors (Lipinski definition) is 3. The Labute approximate surface area is 115 Å². The Morgan fingerprint density at radius 1 is 1.17 bits per heavy atom. The van der Waals surface area contributed by atoms with Crippen LogP contribution in [0.15, 0.2) is 46.5 Å². The van der Waals surface area contributed by atoms with Crippen molar-refractivity contribution in [2.45, 2.75) is 12.5 Å². The van der Waals surface area contributed by atoms with Crippen LogP contribution in [0.1, 0.15) is 17.2 Å². The topological polar surface area (TPSA) is 12.0 Å². The zero-order valence-electron chi connectivity index (χ0n) is 10.2. The summed E-state index contributed by atoms with van der Waals surface area (Å²) in [6.45, 7) is 0. The second-order valence-electron chi connectivity index (χ2n) is 4.36. The summed E-state index contributed by atoms with van der Waals surface area (Å²) in [5, 5.41) is 11.4. The number of thiophene rings is 2. The van der Waals surface area contributed by atoms with E-state index < -0.39 is 0 Å². The fourth-order valence-corrected chi connectivity index (χ4v) is 3.95. The van der Waals surface area contributed by atoms with Crippen LogP contribution in [-0.2, 0) is 6.42 Å². The monoisotopic (exact) mass is 273 g/mol. The van der Waals surface area contributed by atoms with Gasteiger partial charge < -0.3 is 5.32 Å². The molecule has 0 spiro atoms. The minimum atomic E-state index is 0.391. The lowest BCUT2D eigenvalue weighted by Gasteiger charge is -2.17. The van der Waals surface area contributed by atoms with Gasteiger partial charge in [0.1, 0.15) is 0 Å². The Kier molecular flexibility index (Phi) is 3.46. The van der Waals surface area contributed by atoms with Gasteiger partial charge in [-0.25, -0.2) is 0 Å². The Morgan fingerprint density at radius 2 is 2.11 bits per heavy atom. The van der Waals surface area contributed by atoms with E-state index in [1.165, 1.54) is 21.2 Å². The van der Waals surface area contributed by atoms with Crippen molar-refractivity contribution in [2.75, 3.05) is 7.05 Å². The average molecular weight is 273 g/mol. The molecule has 0 saturated heterocycles. The summed E-state index contributed by atoms with van der Waals surface area (Å²) in [6, 6.07) is 11.4. The fourth-order valence-electron chi connectivity index (χ4n) is 2.30. The predicted octanol–water partition coefficient (Wildman–Crippen LogP) is 4.47. The second kappa shape index (κ2) is 5.22. The van der Waals surface area contributed by atoms with Crippen LogP contribution in [0.2, 0.25) is 0 Å². The SMILES string of the molecule is CNC(Cc1ccsc1)c1cccc2ccsc12. The molecule has 3 heteroatoms. The average Bonchev–Trinajstić information content (AvgIpc) is 3.06. The number of likely N-dealkylation sites (N-methyl/N-ethyl adjacent to an activating group) is 1. The third-order valence-electron chi connectivity index (χ3n) is 3.25. The summed E-state index contributed by atoms with van der Waals surface area (Å²) < 4.78 is 1.41. The zero-order valence-corrected chi connectivity index (χ0v) is 11.9. The maximum atomic E-state index is 3.45. The molecule has 2 heterocycles. The third-order valence-corrected chi connectivity index (χ3v) is 4.96. The molecular formula is C15H15NS2.